The zero-order valence-electron chi connectivity index (χ0n) is 12.3. The maximum absolute atomic E-state index is 12.5. The van der Waals surface area contributed by atoms with Crippen LogP contribution in [0.25, 0.3) is 0 Å². The van der Waals surface area contributed by atoms with Crippen LogP contribution in [0.1, 0.15) is 31.5 Å². The summed E-state index contributed by atoms with van der Waals surface area (Å²) >= 11 is 0. The number of anilines is 1. The summed E-state index contributed by atoms with van der Waals surface area (Å²) in [6.07, 6.45) is 1.56. The van der Waals surface area contributed by atoms with E-state index in [9.17, 15) is 8.42 Å². The van der Waals surface area contributed by atoms with Gasteiger partial charge >= 0.3 is 0 Å². The molecule has 1 unspecified atom stereocenters. The second kappa shape index (κ2) is 6.28. The van der Waals surface area contributed by atoms with E-state index in [0.29, 0.717) is 23.9 Å². The van der Waals surface area contributed by atoms with Crippen LogP contribution in [-0.4, -0.2) is 19.9 Å². The number of rotatable bonds is 6. The largest absolute Gasteiger partial charge is 0.444 e. The summed E-state index contributed by atoms with van der Waals surface area (Å²) in [6.45, 7) is 6.01. The number of para-hydroxylation sites is 1. The minimum atomic E-state index is -3.66. The van der Waals surface area contributed by atoms with Gasteiger partial charge < -0.3 is 9.73 Å². The maximum Gasteiger partial charge on any atom is 0.243 e. The van der Waals surface area contributed by atoms with Gasteiger partial charge in [-0.3, -0.25) is 0 Å². The molecule has 0 aliphatic rings. The Morgan fingerprint density at radius 2 is 2.05 bits per heavy atom. The molecule has 0 amide bonds. The van der Waals surface area contributed by atoms with E-state index in [1.54, 1.807) is 44.3 Å². The smallest absolute Gasteiger partial charge is 0.243 e. The number of oxazole rings is 1. The first-order valence-corrected chi connectivity index (χ1v) is 8.20. The van der Waals surface area contributed by atoms with Gasteiger partial charge in [-0.25, -0.2) is 13.4 Å². The molecule has 6 nitrogen and oxygen atoms in total. The van der Waals surface area contributed by atoms with Crippen LogP contribution in [0.3, 0.4) is 0 Å². The lowest BCUT2D eigenvalue weighted by Gasteiger charge is -2.14. The van der Waals surface area contributed by atoms with E-state index >= 15 is 0 Å². The highest BCUT2D eigenvalue weighted by molar-refractivity contribution is 7.89. The molecule has 1 aromatic carbocycles. The number of hydrogen-bond donors (Lipinski definition) is 2. The van der Waals surface area contributed by atoms with Crippen molar-refractivity contribution in [3.8, 4) is 0 Å². The third kappa shape index (κ3) is 3.62. The second-order valence-corrected chi connectivity index (χ2v) is 6.36. The van der Waals surface area contributed by atoms with Crippen molar-refractivity contribution in [2.75, 3.05) is 11.9 Å². The van der Waals surface area contributed by atoms with E-state index in [1.807, 2.05) is 6.92 Å². The Kier molecular flexibility index (Phi) is 4.64. The quantitative estimate of drug-likeness (QED) is 0.856. The van der Waals surface area contributed by atoms with Gasteiger partial charge in [0.2, 0.25) is 15.9 Å². The predicted octanol–water partition coefficient (Wildman–Crippen LogP) is 2.45. The Morgan fingerprint density at radius 1 is 1.33 bits per heavy atom. The number of sulfonamides is 1. The number of benzene rings is 1. The molecule has 1 heterocycles. The Bertz CT molecular complexity index is 710. The second-order valence-electron chi connectivity index (χ2n) is 4.68. The number of hydrogen-bond acceptors (Lipinski definition) is 5. The van der Waals surface area contributed by atoms with Gasteiger partial charge in [-0.2, -0.15) is 4.72 Å². The predicted molar refractivity (Wildman–Crippen MR) is 80.6 cm³/mol. The highest BCUT2D eigenvalue weighted by Gasteiger charge is 2.23. The molecule has 0 bridgehead atoms. The maximum atomic E-state index is 12.5. The molecule has 114 valence electrons. The molecule has 21 heavy (non-hydrogen) atoms. The van der Waals surface area contributed by atoms with Crippen LogP contribution in [-0.2, 0) is 10.0 Å². The molecule has 0 spiro atoms. The van der Waals surface area contributed by atoms with E-state index in [-0.39, 0.29) is 4.90 Å². The van der Waals surface area contributed by atoms with Crippen LogP contribution in [0.4, 0.5) is 5.69 Å². The molecule has 1 aromatic heterocycles. The van der Waals surface area contributed by atoms with Gasteiger partial charge in [-0.05, 0) is 32.9 Å². The van der Waals surface area contributed by atoms with Crippen molar-refractivity contribution in [2.24, 2.45) is 0 Å². The van der Waals surface area contributed by atoms with Crippen molar-refractivity contribution in [2.45, 2.75) is 31.7 Å². The van der Waals surface area contributed by atoms with Crippen molar-refractivity contribution >= 4 is 15.7 Å². The summed E-state index contributed by atoms with van der Waals surface area (Å²) in [7, 11) is -3.66. The fraction of sp³-hybridized carbons (Fsp3) is 0.357. The van der Waals surface area contributed by atoms with E-state index in [1.165, 1.54) is 0 Å². The third-order valence-electron chi connectivity index (χ3n) is 2.89. The van der Waals surface area contributed by atoms with Gasteiger partial charge in [0.15, 0.2) is 0 Å². The highest BCUT2D eigenvalue weighted by Crippen LogP contribution is 2.23. The summed E-state index contributed by atoms with van der Waals surface area (Å²) in [5.41, 5.74) is 0.572. The van der Waals surface area contributed by atoms with Crippen molar-refractivity contribution in [3.63, 3.8) is 0 Å². The Labute approximate surface area is 124 Å². The van der Waals surface area contributed by atoms with Crippen molar-refractivity contribution in [1.82, 2.24) is 9.71 Å². The molecule has 7 heteroatoms. The molecule has 2 rings (SSSR count). The summed E-state index contributed by atoms with van der Waals surface area (Å²) in [5, 5.41) is 3.04. The molecule has 0 saturated carbocycles. The standard InChI is InChI=1S/C14H19N3O3S/c1-4-15-12-7-5-6-8-13(12)21(18,19)17-11(3)14-16-9-10(2)20-14/h5-9,11,15,17H,4H2,1-3H3. The van der Waals surface area contributed by atoms with Crippen molar-refractivity contribution in [1.29, 1.82) is 0 Å². The lowest BCUT2D eigenvalue weighted by atomic mass is 10.3. The normalized spacial score (nSPS) is 13.1. The molecule has 2 aromatic rings. The Balaban J connectivity index is 2.26. The SMILES string of the molecule is CCNc1ccccc1S(=O)(=O)NC(C)c1ncc(C)o1. The Hall–Kier alpha value is -1.86. The van der Waals surface area contributed by atoms with E-state index in [0.717, 1.165) is 0 Å². The van der Waals surface area contributed by atoms with Gasteiger partial charge in [0.25, 0.3) is 0 Å². The van der Waals surface area contributed by atoms with Crippen LogP contribution in [0.5, 0.6) is 0 Å². The van der Waals surface area contributed by atoms with Crippen molar-refractivity contribution < 1.29 is 12.8 Å². The number of nitrogens with one attached hydrogen (secondary N) is 2. The molecule has 0 radical (unpaired) electrons. The Morgan fingerprint density at radius 3 is 2.67 bits per heavy atom. The molecule has 0 saturated heterocycles. The highest BCUT2D eigenvalue weighted by atomic mass is 32.2. The minimum absolute atomic E-state index is 0.210. The first kappa shape index (κ1) is 15.5. The lowest BCUT2D eigenvalue weighted by Crippen LogP contribution is -2.27. The summed E-state index contributed by atoms with van der Waals surface area (Å²) in [6, 6.07) is 6.23. The lowest BCUT2D eigenvalue weighted by molar-refractivity contribution is 0.428. The minimum Gasteiger partial charge on any atom is -0.444 e. The summed E-state index contributed by atoms with van der Waals surface area (Å²) < 4.78 is 32.9. The van der Waals surface area contributed by atoms with Gasteiger partial charge in [0, 0.05) is 6.54 Å². The summed E-state index contributed by atoms with van der Waals surface area (Å²) in [4.78, 5) is 4.25. The fourth-order valence-electron chi connectivity index (χ4n) is 1.96. The average Bonchev–Trinajstić information content (AvgIpc) is 2.86. The van der Waals surface area contributed by atoms with Crippen LogP contribution in [0, 0.1) is 6.92 Å². The van der Waals surface area contributed by atoms with Crippen LogP contribution in [0.2, 0.25) is 0 Å². The number of aromatic nitrogens is 1. The van der Waals surface area contributed by atoms with Crippen LogP contribution in [0.15, 0.2) is 39.8 Å². The monoisotopic (exact) mass is 309 g/mol. The molecular weight excluding hydrogens is 290 g/mol. The summed E-state index contributed by atoms with van der Waals surface area (Å²) in [5.74, 6) is 0.987. The zero-order chi connectivity index (χ0) is 15.5. The number of nitrogens with zero attached hydrogens (tertiary/aromatic N) is 1. The molecule has 2 N–H and O–H groups in total. The van der Waals surface area contributed by atoms with Crippen LogP contribution < -0.4 is 10.0 Å². The average molecular weight is 309 g/mol. The molecule has 1 atom stereocenters. The van der Waals surface area contributed by atoms with E-state index in [4.69, 9.17) is 4.42 Å². The third-order valence-corrected chi connectivity index (χ3v) is 4.48. The van der Waals surface area contributed by atoms with Gasteiger partial charge in [0.05, 0.1) is 17.9 Å². The van der Waals surface area contributed by atoms with Crippen molar-refractivity contribution in [3.05, 3.63) is 42.1 Å². The molecular formula is C14H19N3O3S. The van der Waals surface area contributed by atoms with Gasteiger partial charge in [-0.15, -0.1) is 0 Å². The first-order valence-electron chi connectivity index (χ1n) is 6.71. The first-order chi connectivity index (χ1) is 9.94. The van der Waals surface area contributed by atoms with E-state index in [2.05, 4.69) is 15.0 Å². The topological polar surface area (TPSA) is 84.2 Å². The fourth-order valence-corrected chi connectivity index (χ4v) is 3.34. The van der Waals surface area contributed by atoms with Gasteiger partial charge in [-0.1, -0.05) is 12.1 Å². The van der Waals surface area contributed by atoms with Gasteiger partial charge in [0.1, 0.15) is 10.7 Å². The molecule has 0 aliphatic heterocycles. The zero-order valence-corrected chi connectivity index (χ0v) is 13.1. The van der Waals surface area contributed by atoms with Crippen LogP contribution >= 0.6 is 0 Å². The molecule has 0 aliphatic carbocycles. The van der Waals surface area contributed by atoms with E-state index < -0.39 is 16.1 Å². The molecule has 0 fully saturated rings. The number of aryl methyl sites for hydroxylation is 1.